The van der Waals surface area contributed by atoms with E-state index in [0.717, 1.165) is 42.6 Å². The fourth-order valence-electron chi connectivity index (χ4n) is 3.72. The second-order valence-corrected chi connectivity index (χ2v) is 7.10. The summed E-state index contributed by atoms with van der Waals surface area (Å²) in [7, 11) is 0. The van der Waals surface area contributed by atoms with Gasteiger partial charge in [0.2, 0.25) is 5.91 Å². The number of ketones is 1. The van der Waals surface area contributed by atoms with E-state index in [4.69, 9.17) is 0 Å². The van der Waals surface area contributed by atoms with Crippen LogP contribution in [0.4, 0.5) is 0 Å². The normalized spacial score (nSPS) is 16.0. The standard InChI is InChI=1S/C19H24N6O2/c1-12-15(13(2)25-19(23-12)21-11-22-25)8-9-17(26)16(10-20)18(27)24-14-6-4-3-5-7-14/h11,14,16H,3-9H2,1-2H3,(H,24,27). The van der Waals surface area contributed by atoms with E-state index in [-0.39, 0.29) is 18.2 Å². The number of fused-ring (bicyclic) bond motifs is 1. The summed E-state index contributed by atoms with van der Waals surface area (Å²) in [6, 6.07) is 1.96. The minimum absolute atomic E-state index is 0.0818. The number of rotatable bonds is 6. The van der Waals surface area contributed by atoms with Gasteiger partial charge in [-0.05, 0) is 38.7 Å². The van der Waals surface area contributed by atoms with Crippen LogP contribution in [0, 0.1) is 31.1 Å². The van der Waals surface area contributed by atoms with Crippen LogP contribution in [0.3, 0.4) is 0 Å². The van der Waals surface area contributed by atoms with Crippen molar-refractivity contribution in [1.82, 2.24) is 24.9 Å². The van der Waals surface area contributed by atoms with Crippen molar-refractivity contribution in [2.45, 2.75) is 64.8 Å². The lowest BCUT2D eigenvalue weighted by molar-refractivity contribution is -0.132. The third-order valence-corrected chi connectivity index (χ3v) is 5.27. The lowest BCUT2D eigenvalue weighted by atomic mass is 9.93. The molecule has 8 heteroatoms. The summed E-state index contributed by atoms with van der Waals surface area (Å²) in [4.78, 5) is 33.4. The summed E-state index contributed by atoms with van der Waals surface area (Å²) < 4.78 is 1.63. The number of amides is 1. The molecule has 1 aliphatic carbocycles. The van der Waals surface area contributed by atoms with Crippen LogP contribution in [0.5, 0.6) is 0 Å². The van der Waals surface area contributed by atoms with Crippen LogP contribution in [0.1, 0.15) is 55.5 Å². The van der Waals surface area contributed by atoms with Crippen molar-refractivity contribution in [3.05, 3.63) is 23.3 Å². The van der Waals surface area contributed by atoms with Gasteiger partial charge in [0.15, 0.2) is 11.7 Å². The number of Topliss-reactive ketones (excluding diaryl/α,β-unsaturated/α-hetero) is 1. The van der Waals surface area contributed by atoms with Crippen molar-refractivity contribution in [2.24, 2.45) is 5.92 Å². The van der Waals surface area contributed by atoms with Crippen LogP contribution >= 0.6 is 0 Å². The number of nitrogens with zero attached hydrogens (tertiary/aromatic N) is 5. The van der Waals surface area contributed by atoms with Crippen LogP contribution in [-0.4, -0.2) is 37.3 Å². The van der Waals surface area contributed by atoms with E-state index in [9.17, 15) is 14.9 Å². The number of carbonyl (C=O) groups is 2. The quantitative estimate of drug-likeness (QED) is 0.778. The maximum Gasteiger partial charge on any atom is 0.252 e. The zero-order chi connectivity index (χ0) is 19.4. The lowest BCUT2D eigenvalue weighted by Crippen LogP contribution is -2.42. The molecule has 0 radical (unpaired) electrons. The number of hydrogen-bond donors (Lipinski definition) is 1. The molecule has 142 valence electrons. The number of nitrogens with one attached hydrogen (secondary N) is 1. The summed E-state index contributed by atoms with van der Waals surface area (Å²) in [5, 5.41) is 16.4. The SMILES string of the molecule is Cc1nc2ncnn2c(C)c1CCC(=O)C(C#N)C(=O)NC1CCCCC1. The molecule has 1 atom stereocenters. The minimum Gasteiger partial charge on any atom is -0.352 e. The van der Waals surface area contributed by atoms with Crippen LogP contribution in [-0.2, 0) is 16.0 Å². The summed E-state index contributed by atoms with van der Waals surface area (Å²) in [5.41, 5.74) is 2.54. The van der Waals surface area contributed by atoms with Gasteiger partial charge in [-0.25, -0.2) is 9.50 Å². The summed E-state index contributed by atoms with van der Waals surface area (Å²) >= 11 is 0. The van der Waals surface area contributed by atoms with Gasteiger partial charge >= 0.3 is 0 Å². The third kappa shape index (κ3) is 4.13. The Kier molecular flexibility index (Phi) is 5.79. The predicted molar refractivity (Wildman–Crippen MR) is 97.7 cm³/mol. The third-order valence-electron chi connectivity index (χ3n) is 5.27. The number of carbonyl (C=O) groups excluding carboxylic acids is 2. The number of aryl methyl sites for hydroxylation is 2. The van der Waals surface area contributed by atoms with Crippen molar-refractivity contribution < 1.29 is 9.59 Å². The maximum atomic E-state index is 12.5. The van der Waals surface area contributed by atoms with E-state index in [1.807, 2.05) is 19.9 Å². The smallest absolute Gasteiger partial charge is 0.252 e. The molecule has 1 aliphatic rings. The number of nitriles is 1. The number of aromatic nitrogens is 4. The molecular weight excluding hydrogens is 344 g/mol. The van der Waals surface area contributed by atoms with Gasteiger partial charge in [0.1, 0.15) is 6.33 Å². The Morgan fingerprint density at radius 2 is 2.07 bits per heavy atom. The molecule has 2 heterocycles. The van der Waals surface area contributed by atoms with E-state index in [2.05, 4.69) is 20.4 Å². The van der Waals surface area contributed by atoms with Crippen LogP contribution < -0.4 is 5.32 Å². The second-order valence-electron chi connectivity index (χ2n) is 7.10. The average Bonchev–Trinajstić information content (AvgIpc) is 3.11. The maximum absolute atomic E-state index is 12.5. The zero-order valence-electron chi connectivity index (χ0n) is 15.7. The van der Waals surface area contributed by atoms with Gasteiger partial charge in [0.25, 0.3) is 5.78 Å². The topological polar surface area (TPSA) is 113 Å². The summed E-state index contributed by atoms with van der Waals surface area (Å²) in [6.07, 6.45) is 7.12. The van der Waals surface area contributed by atoms with E-state index >= 15 is 0 Å². The molecule has 0 saturated heterocycles. The Balaban J connectivity index is 1.65. The minimum atomic E-state index is -1.25. The Morgan fingerprint density at radius 3 is 2.78 bits per heavy atom. The van der Waals surface area contributed by atoms with E-state index in [0.29, 0.717) is 12.2 Å². The van der Waals surface area contributed by atoms with Crippen molar-refractivity contribution in [3.63, 3.8) is 0 Å². The Morgan fingerprint density at radius 1 is 1.33 bits per heavy atom. The van der Waals surface area contributed by atoms with E-state index < -0.39 is 11.8 Å². The molecule has 3 rings (SSSR count). The van der Waals surface area contributed by atoms with Gasteiger partial charge in [-0.3, -0.25) is 9.59 Å². The van der Waals surface area contributed by atoms with E-state index in [1.54, 1.807) is 4.52 Å². The molecule has 2 aromatic heterocycles. The molecule has 0 aromatic carbocycles. The molecular formula is C19H24N6O2. The molecule has 0 spiro atoms. The molecule has 0 bridgehead atoms. The van der Waals surface area contributed by atoms with Crippen LogP contribution in [0.25, 0.3) is 5.78 Å². The van der Waals surface area contributed by atoms with E-state index in [1.165, 1.54) is 12.7 Å². The number of hydrogen-bond acceptors (Lipinski definition) is 6. The lowest BCUT2D eigenvalue weighted by Gasteiger charge is -2.23. The Bertz CT molecular complexity index is 891. The van der Waals surface area contributed by atoms with Crippen molar-refractivity contribution in [1.29, 1.82) is 5.26 Å². The first-order valence-electron chi connectivity index (χ1n) is 9.39. The molecule has 2 aromatic rings. The van der Waals surface area contributed by atoms with Gasteiger partial charge < -0.3 is 5.32 Å². The molecule has 0 aliphatic heterocycles. The molecule has 1 unspecified atom stereocenters. The highest BCUT2D eigenvalue weighted by Crippen LogP contribution is 2.19. The van der Waals surface area contributed by atoms with Gasteiger partial charge in [0.05, 0.1) is 6.07 Å². The molecule has 1 amide bonds. The first-order chi connectivity index (χ1) is 13.0. The monoisotopic (exact) mass is 368 g/mol. The molecule has 1 saturated carbocycles. The van der Waals surface area contributed by atoms with Gasteiger partial charge in [0, 0.05) is 23.9 Å². The first-order valence-corrected chi connectivity index (χ1v) is 9.39. The molecule has 27 heavy (non-hydrogen) atoms. The van der Waals surface area contributed by atoms with Gasteiger partial charge in [-0.1, -0.05) is 19.3 Å². The van der Waals surface area contributed by atoms with Crippen molar-refractivity contribution in [3.8, 4) is 6.07 Å². The molecule has 1 N–H and O–H groups in total. The fourth-order valence-corrected chi connectivity index (χ4v) is 3.72. The van der Waals surface area contributed by atoms with Crippen molar-refractivity contribution >= 4 is 17.5 Å². The highest BCUT2D eigenvalue weighted by atomic mass is 16.2. The fraction of sp³-hybridized carbons (Fsp3) is 0.579. The average molecular weight is 368 g/mol. The van der Waals surface area contributed by atoms with Crippen LogP contribution in [0.15, 0.2) is 6.33 Å². The molecule has 8 nitrogen and oxygen atoms in total. The largest absolute Gasteiger partial charge is 0.352 e. The second kappa shape index (κ2) is 8.25. The highest BCUT2D eigenvalue weighted by Gasteiger charge is 2.28. The first kappa shape index (κ1) is 19.0. The summed E-state index contributed by atoms with van der Waals surface area (Å²) in [5.74, 6) is -1.56. The van der Waals surface area contributed by atoms with Crippen LogP contribution in [0.2, 0.25) is 0 Å². The molecule has 1 fully saturated rings. The van der Waals surface area contributed by atoms with Gasteiger partial charge in [-0.15, -0.1) is 0 Å². The van der Waals surface area contributed by atoms with Gasteiger partial charge in [-0.2, -0.15) is 15.3 Å². The predicted octanol–water partition coefficient (Wildman–Crippen LogP) is 1.83. The highest BCUT2D eigenvalue weighted by molar-refractivity contribution is 6.04. The summed E-state index contributed by atoms with van der Waals surface area (Å²) in [6.45, 7) is 3.76. The van der Waals surface area contributed by atoms with Crippen molar-refractivity contribution in [2.75, 3.05) is 0 Å². The zero-order valence-corrected chi connectivity index (χ0v) is 15.7. The Labute approximate surface area is 158 Å². The Hall–Kier alpha value is -2.82.